The Balaban J connectivity index is -0.0000000339. The minimum absolute atomic E-state index is 0. The number of rotatable bonds is 1. The quantitative estimate of drug-likeness (QED) is 0.588. The van der Waals surface area contributed by atoms with Gasteiger partial charge in [-0.05, 0) is 0 Å². The van der Waals surface area contributed by atoms with E-state index in [1.54, 1.807) is 0 Å². The standard InChI is InChI=1S/C6H5.C4H9.C2H6.3Y/c1-2-4-6-5-3-1;1-3-4-2;1-2;;;/h1-5H;3H,4H2,1-2H3;1-2H3;;;/q2*-1;;;;. The van der Waals surface area contributed by atoms with E-state index in [1.807, 2.05) is 44.2 Å². The summed E-state index contributed by atoms with van der Waals surface area (Å²) in [5.74, 6) is 0. The molecule has 0 aliphatic heterocycles. The summed E-state index contributed by atoms with van der Waals surface area (Å²) in [5, 5.41) is 0. The summed E-state index contributed by atoms with van der Waals surface area (Å²) in [6.07, 6.45) is 3.32. The van der Waals surface area contributed by atoms with E-state index in [9.17, 15) is 0 Å². The van der Waals surface area contributed by atoms with Crippen molar-refractivity contribution in [3.05, 3.63) is 42.8 Å². The molecule has 0 N–H and O–H groups in total. The zero-order valence-electron chi connectivity index (χ0n) is 10.4. The second-order valence-corrected chi connectivity index (χ2v) is 1.89. The molecular weight excluding hydrogens is 411 g/mol. The van der Waals surface area contributed by atoms with Crippen LogP contribution in [0.5, 0.6) is 0 Å². The summed E-state index contributed by atoms with van der Waals surface area (Å²) in [6, 6.07) is 12.5. The van der Waals surface area contributed by atoms with Gasteiger partial charge in [0.15, 0.2) is 0 Å². The molecule has 0 fully saturated rings. The van der Waals surface area contributed by atoms with E-state index in [0.29, 0.717) is 0 Å². The molecule has 0 saturated carbocycles. The van der Waals surface area contributed by atoms with E-state index in [0.717, 1.165) is 0 Å². The van der Waals surface area contributed by atoms with Crippen LogP contribution in [0.4, 0.5) is 0 Å². The summed E-state index contributed by atoms with van der Waals surface area (Å²) < 4.78 is 0. The Kier molecular flexibility index (Phi) is 73.1. The molecule has 0 saturated heterocycles. The molecule has 0 aliphatic rings. The zero-order chi connectivity index (χ0) is 9.66. The van der Waals surface area contributed by atoms with Crippen LogP contribution in [0.3, 0.4) is 0 Å². The molecule has 79 valence electrons. The van der Waals surface area contributed by atoms with Crippen LogP contribution in [-0.2, 0) is 98.1 Å². The predicted molar refractivity (Wildman–Crippen MR) is 56.9 cm³/mol. The van der Waals surface area contributed by atoms with Crippen LogP contribution in [0.1, 0.15) is 34.1 Å². The molecule has 3 heteroatoms. The van der Waals surface area contributed by atoms with Crippen LogP contribution >= 0.6 is 0 Å². The van der Waals surface area contributed by atoms with Crippen molar-refractivity contribution in [3.63, 3.8) is 0 Å². The molecule has 3 radical (unpaired) electrons. The van der Waals surface area contributed by atoms with Gasteiger partial charge in [0.25, 0.3) is 0 Å². The Morgan fingerprint density at radius 2 is 1.27 bits per heavy atom. The first kappa shape index (κ1) is 30.5. The topological polar surface area (TPSA) is 0 Å². The zero-order valence-corrected chi connectivity index (χ0v) is 18.9. The van der Waals surface area contributed by atoms with Crippen molar-refractivity contribution < 1.29 is 98.1 Å². The molecule has 0 spiro atoms. The third kappa shape index (κ3) is 38.4. The number of unbranched alkanes of at least 4 members (excludes halogenated alkanes) is 1. The van der Waals surface area contributed by atoms with Gasteiger partial charge in [-0.25, -0.2) is 0 Å². The first-order valence-electron chi connectivity index (χ1n) is 4.60. The van der Waals surface area contributed by atoms with Crippen LogP contribution in [0.15, 0.2) is 30.3 Å². The predicted octanol–water partition coefficient (Wildman–Crippen LogP) is 4.13. The van der Waals surface area contributed by atoms with E-state index in [1.165, 1.54) is 6.42 Å². The third-order valence-corrected chi connectivity index (χ3v) is 1.02. The number of benzene rings is 1. The van der Waals surface area contributed by atoms with Gasteiger partial charge in [-0.15, -0.1) is 0 Å². The van der Waals surface area contributed by atoms with Crippen molar-refractivity contribution in [3.8, 4) is 0 Å². The summed E-state index contributed by atoms with van der Waals surface area (Å²) >= 11 is 0. The first-order chi connectivity index (χ1) is 5.91. The Morgan fingerprint density at radius 1 is 0.933 bits per heavy atom. The van der Waals surface area contributed by atoms with Crippen molar-refractivity contribution in [2.75, 3.05) is 0 Å². The van der Waals surface area contributed by atoms with Crippen LogP contribution in [-0.4, -0.2) is 0 Å². The van der Waals surface area contributed by atoms with Crippen LogP contribution in [0.2, 0.25) is 0 Å². The largest absolute Gasteiger partial charge is 0.332 e. The van der Waals surface area contributed by atoms with Gasteiger partial charge in [-0.1, -0.05) is 20.8 Å². The normalized spacial score (nSPS) is 5.60. The Labute approximate surface area is 172 Å². The molecule has 0 nitrogen and oxygen atoms in total. The Morgan fingerprint density at radius 3 is 1.33 bits per heavy atom. The van der Waals surface area contributed by atoms with Gasteiger partial charge in [-0.2, -0.15) is 49.7 Å². The van der Waals surface area contributed by atoms with Gasteiger partial charge in [0, 0.05) is 98.1 Å². The molecule has 0 amide bonds. The summed E-state index contributed by atoms with van der Waals surface area (Å²) in [4.78, 5) is 0. The Hall–Kier alpha value is 2.53. The maximum atomic E-state index is 2.89. The number of hydrogen-bond acceptors (Lipinski definition) is 0. The van der Waals surface area contributed by atoms with Crippen molar-refractivity contribution in [1.82, 2.24) is 0 Å². The Bertz CT molecular complexity index is 103. The van der Waals surface area contributed by atoms with Gasteiger partial charge >= 0.3 is 0 Å². The molecule has 1 aromatic carbocycles. The van der Waals surface area contributed by atoms with Crippen LogP contribution < -0.4 is 0 Å². The fourth-order valence-electron chi connectivity index (χ4n) is 0.342. The van der Waals surface area contributed by atoms with Gasteiger partial charge in [0.2, 0.25) is 0 Å². The fraction of sp³-hybridized carbons (Fsp3) is 0.417. The third-order valence-electron chi connectivity index (χ3n) is 1.02. The second-order valence-electron chi connectivity index (χ2n) is 1.89. The van der Waals surface area contributed by atoms with Gasteiger partial charge in [0.1, 0.15) is 0 Å². The summed E-state index contributed by atoms with van der Waals surface area (Å²) in [7, 11) is 0. The molecule has 0 heterocycles. The molecular formula is C12H20Y3-2. The smallest absolute Gasteiger partial charge is 0 e. The monoisotopic (exact) mass is 431 g/mol. The van der Waals surface area contributed by atoms with Crippen molar-refractivity contribution >= 4 is 0 Å². The van der Waals surface area contributed by atoms with Crippen molar-refractivity contribution in [1.29, 1.82) is 0 Å². The maximum absolute atomic E-state index is 2.89. The molecule has 1 rings (SSSR count). The van der Waals surface area contributed by atoms with Crippen molar-refractivity contribution in [2.24, 2.45) is 0 Å². The van der Waals surface area contributed by atoms with Gasteiger partial charge in [-0.3, -0.25) is 0 Å². The maximum Gasteiger partial charge on any atom is 0 e. The molecule has 0 aliphatic carbocycles. The number of hydrogen-bond donors (Lipinski definition) is 0. The van der Waals surface area contributed by atoms with Crippen LogP contribution in [0.25, 0.3) is 0 Å². The fourth-order valence-corrected chi connectivity index (χ4v) is 0.342. The van der Waals surface area contributed by atoms with E-state index >= 15 is 0 Å². The minimum Gasteiger partial charge on any atom is -0.332 e. The molecule has 0 bridgehead atoms. The van der Waals surface area contributed by atoms with Gasteiger partial charge in [0.05, 0.1) is 0 Å². The first-order valence-corrected chi connectivity index (χ1v) is 4.60. The van der Waals surface area contributed by atoms with E-state index in [4.69, 9.17) is 0 Å². The average Bonchev–Trinajstić information content (AvgIpc) is 2.24. The molecule has 15 heavy (non-hydrogen) atoms. The molecule has 0 atom stereocenters. The summed E-state index contributed by atoms with van der Waals surface area (Å²) in [6.45, 7) is 8.18. The molecule has 1 aromatic rings. The van der Waals surface area contributed by atoms with Crippen LogP contribution in [0, 0.1) is 12.5 Å². The molecule has 0 aromatic heterocycles. The van der Waals surface area contributed by atoms with Crippen molar-refractivity contribution in [2.45, 2.75) is 34.1 Å². The SMILES string of the molecule is CC.C[CH-]CC.[Y].[Y].[Y].[c-]1ccccc1. The average molecular weight is 431 g/mol. The van der Waals surface area contributed by atoms with E-state index < -0.39 is 0 Å². The minimum atomic E-state index is 0. The van der Waals surface area contributed by atoms with E-state index in [2.05, 4.69) is 26.3 Å². The van der Waals surface area contributed by atoms with E-state index in [-0.39, 0.29) is 98.1 Å². The molecule has 0 unspecified atom stereocenters. The summed E-state index contributed by atoms with van der Waals surface area (Å²) in [5.41, 5.74) is 0. The van der Waals surface area contributed by atoms with Gasteiger partial charge < -0.3 is 6.42 Å². The second kappa shape index (κ2) is 36.0.